The van der Waals surface area contributed by atoms with Crippen LogP contribution < -0.4 is 10.2 Å². The topological polar surface area (TPSA) is 80.3 Å². The Morgan fingerprint density at radius 2 is 1.16 bits per heavy atom. The zero-order valence-electron chi connectivity index (χ0n) is 12.5. The Bertz CT molecular complexity index is 216. The fourth-order valence-corrected chi connectivity index (χ4v) is 4.97. The quantitative estimate of drug-likeness (QED) is 0.442. The van der Waals surface area contributed by atoms with E-state index in [-0.39, 0.29) is 34.0 Å². The molecule has 19 heavy (non-hydrogen) atoms. The molecule has 0 aromatic rings. The second-order valence-corrected chi connectivity index (χ2v) is 9.15. The summed E-state index contributed by atoms with van der Waals surface area (Å²) >= 11 is 0.0709. The molecule has 0 spiro atoms. The Labute approximate surface area is 127 Å². The summed E-state index contributed by atoms with van der Waals surface area (Å²) in [6, 6.07) is 0. The number of aliphatic carboxylic acids is 2. The van der Waals surface area contributed by atoms with Gasteiger partial charge in [0.25, 0.3) is 0 Å². The van der Waals surface area contributed by atoms with E-state index >= 15 is 0 Å². The largest absolute Gasteiger partial charge is 0.550 e. The minimum absolute atomic E-state index is 0.0709. The van der Waals surface area contributed by atoms with Crippen molar-refractivity contribution >= 4 is 33.1 Å². The molecule has 0 aliphatic heterocycles. The molecule has 0 amide bonds. The van der Waals surface area contributed by atoms with E-state index in [1.54, 1.807) is 8.87 Å². The molecule has 0 aliphatic carbocycles. The van der Waals surface area contributed by atoms with E-state index in [9.17, 15) is 19.8 Å². The van der Waals surface area contributed by atoms with Gasteiger partial charge in [-0.2, -0.15) is 0 Å². The molecule has 0 saturated carbocycles. The first-order valence-electron chi connectivity index (χ1n) is 6.86. The molecule has 0 aliphatic rings. The van der Waals surface area contributed by atoms with Crippen molar-refractivity contribution in [1.29, 1.82) is 0 Å². The predicted molar refractivity (Wildman–Crippen MR) is 73.5 cm³/mol. The van der Waals surface area contributed by atoms with Gasteiger partial charge in [-0.1, -0.05) is 0 Å². The summed E-state index contributed by atoms with van der Waals surface area (Å²) in [5.74, 6) is -0.345. The van der Waals surface area contributed by atoms with E-state index in [2.05, 4.69) is 27.7 Å². The summed E-state index contributed by atoms with van der Waals surface area (Å²) in [4.78, 5) is 19.5. The number of carboxylic acid groups (broad SMARTS) is 2. The van der Waals surface area contributed by atoms with Crippen LogP contribution in [-0.4, -0.2) is 33.1 Å². The van der Waals surface area contributed by atoms with Gasteiger partial charge >= 0.3 is 69.5 Å². The summed E-state index contributed by atoms with van der Waals surface area (Å²) in [6.07, 6.45) is 0.535. The Balaban J connectivity index is 0. The first-order valence-corrected chi connectivity index (χ1v) is 10.9. The van der Waals surface area contributed by atoms with Gasteiger partial charge in [0.1, 0.15) is 0 Å². The molecule has 0 atom stereocenters. The Morgan fingerprint density at radius 1 is 0.842 bits per heavy atom. The molecule has 0 fully saturated rings. The second-order valence-electron chi connectivity index (χ2n) is 5.40. The molecule has 0 rings (SSSR count). The molecule has 0 saturated heterocycles. The number of hydrogen-bond acceptors (Lipinski definition) is 4. The average Bonchev–Trinajstić information content (AvgIpc) is 2.23. The smallest absolute Gasteiger partial charge is 0.0414 e. The van der Waals surface area contributed by atoms with Crippen molar-refractivity contribution < 1.29 is 19.8 Å². The summed E-state index contributed by atoms with van der Waals surface area (Å²) in [7, 11) is 0. The number of carbonyl (C=O) groups is 2. The Kier molecular flexibility index (Phi) is 15.7. The maximum atomic E-state index is 9.77. The van der Waals surface area contributed by atoms with Crippen LogP contribution in [-0.2, 0) is 9.59 Å². The molecular formula is C14H26O4Sn. The first kappa shape index (κ1) is 21.0. The molecule has 0 radical (unpaired) electrons. The summed E-state index contributed by atoms with van der Waals surface area (Å²) in [5.41, 5.74) is 0. The van der Waals surface area contributed by atoms with Crippen molar-refractivity contribution in [1.82, 2.24) is 0 Å². The third-order valence-electron chi connectivity index (χ3n) is 2.12. The van der Waals surface area contributed by atoms with Crippen LogP contribution in [0, 0.1) is 11.8 Å². The summed E-state index contributed by atoms with van der Waals surface area (Å²) in [5, 5.41) is 19.5. The van der Waals surface area contributed by atoms with Gasteiger partial charge in [0.05, 0.1) is 0 Å². The number of hydrogen-bond donors (Lipinski definition) is 0. The van der Waals surface area contributed by atoms with Gasteiger partial charge in [0, 0.05) is 11.9 Å². The zero-order chi connectivity index (χ0) is 15.3. The van der Waals surface area contributed by atoms with E-state index in [1.807, 2.05) is 0 Å². The third-order valence-corrected chi connectivity index (χ3v) is 8.43. The van der Waals surface area contributed by atoms with Gasteiger partial charge in [0.15, 0.2) is 0 Å². The van der Waals surface area contributed by atoms with E-state index in [0.717, 1.165) is 11.8 Å². The zero-order valence-corrected chi connectivity index (χ0v) is 15.4. The Morgan fingerprint density at radius 3 is 1.37 bits per heavy atom. The van der Waals surface area contributed by atoms with Gasteiger partial charge in [-0.25, -0.2) is 0 Å². The van der Waals surface area contributed by atoms with Crippen LogP contribution in [0.3, 0.4) is 0 Å². The standard InChI is InChI=1S/C6H10O4.2C4H9.Sn/c7-5(8)3-1-2-4-6(9)10;2*1-4(2)3;/h1-4H2,(H,7,8)(H,9,10);2*4H,1H2,2-3H3;/q;;;+2/p-2. The average molecular weight is 377 g/mol. The van der Waals surface area contributed by atoms with Crippen LogP contribution in [0.2, 0.25) is 8.87 Å². The fourth-order valence-electron chi connectivity index (χ4n) is 1.20. The number of carbonyl (C=O) groups excluding carboxylic acids is 2. The minimum Gasteiger partial charge on any atom is -0.550 e. The van der Waals surface area contributed by atoms with Crippen molar-refractivity contribution in [2.45, 2.75) is 62.3 Å². The number of unbranched alkanes of at least 4 members (excludes halogenated alkanes) is 1. The van der Waals surface area contributed by atoms with Crippen LogP contribution in [0.1, 0.15) is 53.4 Å². The SMILES string of the molecule is CC(C)[CH2][Sn+2][CH2]C(C)C.O=C([O-])CCCCC(=O)[O-]. The van der Waals surface area contributed by atoms with E-state index in [1.165, 1.54) is 0 Å². The molecule has 0 aromatic heterocycles. The van der Waals surface area contributed by atoms with Gasteiger partial charge < -0.3 is 19.8 Å². The maximum Gasteiger partial charge on any atom is 0.0414 e. The predicted octanol–water partition coefficient (Wildman–Crippen LogP) is 0.886. The third kappa shape index (κ3) is 27.1. The molecule has 0 unspecified atom stereocenters. The molecule has 0 N–H and O–H groups in total. The molecule has 0 aromatic carbocycles. The van der Waals surface area contributed by atoms with Gasteiger partial charge in [-0.3, -0.25) is 0 Å². The van der Waals surface area contributed by atoms with Crippen molar-refractivity contribution in [2.75, 3.05) is 0 Å². The normalized spacial score (nSPS) is 9.79. The molecule has 5 heteroatoms. The van der Waals surface area contributed by atoms with Gasteiger partial charge in [-0.15, -0.1) is 0 Å². The maximum absolute atomic E-state index is 9.77. The molecule has 0 bridgehead atoms. The molecule has 0 heterocycles. The van der Waals surface area contributed by atoms with Crippen molar-refractivity contribution in [3.05, 3.63) is 0 Å². The Hall–Kier alpha value is -0.261. The molecular weight excluding hydrogens is 351 g/mol. The van der Waals surface area contributed by atoms with Crippen LogP contribution in [0.25, 0.3) is 0 Å². The fraction of sp³-hybridized carbons (Fsp3) is 0.857. The van der Waals surface area contributed by atoms with Crippen LogP contribution in [0.4, 0.5) is 0 Å². The summed E-state index contributed by atoms with van der Waals surface area (Å²) in [6.45, 7) is 9.34. The van der Waals surface area contributed by atoms with Crippen LogP contribution in [0.15, 0.2) is 0 Å². The summed E-state index contributed by atoms with van der Waals surface area (Å²) < 4.78 is 3.14. The van der Waals surface area contributed by atoms with Crippen LogP contribution in [0.5, 0.6) is 0 Å². The van der Waals surface area contributed by atoms with Gasteiger partial charge in [0.2, 0.25) is 0 Å². The first-order chi connectivity index (χ1) is 8.75. The number of rotatable bonds is 9. The minimum atomic E-state index is -1.14. The van der Waals surface area contributed by atoms with E-state index in [0.29, 0.717) is 12.8 Å². The van der Waals surface area contributed by atoms with Crippen molar-refractivity contribution in [3.8, 4) is 0 Å². The monoisotopic (exact) mass is 378 g/mol. The van der Waals surface area contributed by atoms with Crippen molar-refractivity contribution in [3.63, 3.8) is 0 Å². The van der Waals surface area contributed by atoms with E-state index in [4.69, 9.17) is 0 Å². The second kappa shape index (κ2) is 14.2. The molecule has 110 valence electrons. The number of carboxylic acids is 2. The molecule has 4 nitrogen and oxygen atoms in total. The van der Waals surface area contributed by atoms with E-state index < -0.39 is 11.9 Å². The van der Waals surface area contributed by atoms with Gasteiger partial charge in [-0.05, 0) is 25.7 Å². The van der Waals surface area contributed by atoms with Crippen LogP contribution >= 0.6 is 0 Å². The van der Waals surface area contributed by atoms with Crippen molar-refractivity contribution in [2.24, 2.45) is 11.8 Å².